The van der Waals surface area contributed by atoms with Crippen molar-refractivity contribution in [1.29, 1.82) is 0 Å². The molecule has 0 N–H and O–H groups in total. The van der Waals surface area contributed by atoms with Crippen molar-refractivity contribution in [2.45, 2.75) is 0 Å². The topological polar surface area (TPSA) is 73.1 Å². The summed E-state index contributed by atoms with van der Waals surface area (Å²) in [4.78, 5) is 10.2. The Labute approximate surface area is 308 Å². The van der Waals surface area contributed by atoms with Crippen molar-refractivity contribution in [2.24, 2.45) is 0 Å². The van der Waals surface area contributed by atoms with Crippen LogP contribution in [0.3, 0.4) is 0 Å². The van der Waals surface area contributed by atoms with Gasteiger partial charge >= 0.3 is 0 Å². The van der Waals surface area contributed by atoms with Gasteiger partial charge in [0.1, 0.15) is 25.4 Å². The predicted molar refractivity (Wildman–Crippen MR) is 224 cm³/mol. The summed E-state index contributed by atoms with van der Waals surface area (Å²) in [6, 6.07) is 49.5. The molecule has 0 amide bonds. The highest BCUT2D eigenvalue weighted by Gasteiger charge is 2.21. The third-order valence-electron chi connectivity index (χ3n) is 10.1. The van der Waals surface area contributed by atoms with Crippen molar-refractivity contribution in [3.05, 3.63) is 146 Å². The smallest absolute Gasteiger partial charge is 0.160 e. The van der Waals surface area contributed by atoms with E-state index >= 15 is 0 Å². The summed E-state index contributed by atoms with van der Waals surface area (Å²) >= 11 is 0. The number of furan rings is 1. The number of hydrogen-bond donors (Lipinski definition) is 0. The number of aromatic nitrogens is 2. The normalized spacial score (nSPS) is 12.3. The molecule has 53 heavy (non-hydrogen) atoms. The molecule has 7 aromatic carbocycles. The molecule has 9 rings (SSSR count). The zero-order chi connectivity index (χ0) is 36.5. The van der Waals surface area contributed by atoms with E-state index in [9.17, 15) is 9.13 Å². The second-order valence-electron chi connectivity index (χ2n) is 14.4. The summed E-state index contributed by atoms with van der Waals surface area (Å²) in [5.41, 5.74) is 9.43. The summed E-state index contributed by atoms with van der Waals surface area (Å²) in [5.74, 6) is 0.652. The second kappa shape index (κ2) is 12.5. The molecule has 258 valence electrons. The van der Waals surface area contributed by atoms with Crippen LogP contribution >= 0.6 is 14.3 Å². The third-order valence-corrected chi connectivity index (χ3v) is 13.1. The molecule has 9 aromatic rings. The molecule has 0 saturated heterocycles. The summed E-state index contributed by atoms with van der Waals surface area (Å²) in [7, 11) is -5.19. The van der Waals surface area contributed by atoms with Crippen LogP contribution in [0.1, 0.15) is 0 Å². The Bertz CT molecular complexity index is 2970. The predicted octanol–water partition coefficient (Wildman–Crippen LogP) is 11.8. The highest BCUT2D eigenvalue weighted by Crippen LogP contribution is 2.43. The van der Waals surface area contributed by atoms with Crippen LogP contribution in [0.15, 0.2) is 150 Å². The molecule has 0 bridgehead atoms. The molecule has 0 spiro atoms. The zero-order valence-electron chi connectivity index (χ0n) is 29.9. The van der Waals surface area contributed by atoms with Crippen LogP contribution in [0.2, 0.25) is 0 Å². The van der Waals surface area contributed by atoms with E-state index in [1.807, 2.05) is 60.7 Å². The lowest BCUT2D eigenvalue weighted by molar-refractivity contribution is 0.588. The van der Waals surface area contributed by atoms with Crippen molar-refractivity contribution < 1.29 is 13.5 Å². The second-order valence-corrected chi connectivity index (χ2v) is 20.9. The molecule has 2 aromatic heterocycles. The van der Waals surface area contributed by atoms with Gasteiger partial charge in [-0.25, -0.2) is 9.97 Å². The van der Waals surface area contributed by atoms with Crippen LogP contribution in [0.25, 0.3) is 88.5 Å². The van der Waals surface area contributed by atoms with E-state index in [4.69, 9.17) is 14.4 Å². The first-order valence-corrected chi connectivity index (χ1v) is 22.8. The first-order chi connectivity index (χ1) is 25.5. The summed E-state index contributed by atoms with van der Waals surface area (Å²) in [6.45, 7) is 7.06. The van der Waals surface area contributed by atoms with Gasteiger partial charge in [-0.05, 0) is 102 Å². The number of nitrogens with zero attached hydrogens (tertiary/aromatic N) is 2. The van der Waals surface area contributed by atoms with Crippen molar-refractivity contribution in [3.63, 3.8) is 0 Å². The van der Waals surface area contributed by atoms with Gasteiger partial charge in [-0.1, -0.05) is 103 Å². The molecule has 0 fully saturated rings. The zero-order valence-corrected chi connectivity index (χ0v) is 31.7. The maximum absolute atomic E-state index is 13.2. The quantitative estimate of drug-likeness (QED) is 0.160. The standard InChI is InChI=1S/C46H36N2O3P2/c1-52(2,49)33-25-32(26-34(28-33)53(3,4)50)36-24-23-35(37-11-5-6-12-38(36)37)29-17-19-30(20-18-29)46-47-42-15-9-7-14-41(42)45(48-46)31-21-22-40-39-13-8-10-16-43(39)51-44(40)27-31/h5-28H,1-4H3. The Balaban J connectivity index is 1.12. The van der Waals surface area contributed by atoms with Crippen LogP contribution in [-0.2, 0) is 9.13 Å². The third kappa shape index (κ3) is 6.01. The summed E-state index contributed by atoms with van der Waals surface area (Å²) < 4.78 is 32.7. The fourth-order valence-corrected chi connectivity index (χ4v) is 9.17. The largest absolute Gasteiger partial charge is 0.456 e. The van der Waals surface area contributed by atoms with E-state index in [1.165, 1.54) is 0 Å². The van der Waals surface area contributed by atoms with Crippen molar-refractivity contribution in [3.8, 4) is 44.9 Å². The monoisotopic (exact) mass is 726 g/mol. The lowest BCUT2D eigenvalue weighted by Crippen LogP contribution is -2.14. The fraction of sp³-hybridized carbons (Fsp3) is 0.0870. The Morgan fingerprint density at radius 3 is 1.62 bits per heavy atom. The van der Waals surface area contributed by atoms with Gasteiger partial charge < -0.3 is 13.5 Å². The highest BCUT2D eigenvalue weighted by molar-refractivity contribution is 7.71. The van der Waals surface area contributed by atoms with Crippen LogP contribution in [0.4, 0.5) is 0 Å². The van der Waals surface area contributed by atoms with E-state index in [0.29, 0.717) is 5.82 Å². The van der Waals surface area contributed by atoms with E-state index in [1.54, 1.807) is 26.7 Å². The van der Waals surface area contributed by atoms with Crippen LogP contribution in [0, 0.1) is 0 Å². The van der Waals surface area contributed by atoms with E-state index in [-0.39, 0.29) is 0 Å². The van der Waals surface area contributed by atoms with Crippen LogP contribution < -0.4 is 10.6 Å². The Morgan fingerprint density at radius 1 is 0.434 bits per heavy atom. The van der Waals surface area contributed by atoms with Crippen LogP contribution in [-0.4, -0.2) is 36.6 Å². The maximum atomic E-state index is 13.2. The summed E-state index contributed by atoms with van der Waals surface area (Å²) in [6.07, 6.45) is 0. The molecule has 0 aliphatic carbocycles. The SMILES string of the molecule is CP(C)(=O)c1cc(-c2ccc(-c3ccc(-c4nc(-c5ccc6c(c5)oc5ccccc56)c5ccccc5n4)cc3)c3ccccc23)cc(P(C)(C)=O)c1. The van der Waals surface area contributed by atoms with Gasteiger partial charge in [0, 0.05) is 37.9 Å². The number of fused-ring (bicyclic) bond motifs is 5. The lowest BCUT2D eigenvalue weighted by Gasteiger charge is -2.17. The molecule has 0 radical (unpaired) electrons. The number of benzene rings is 7. The van der Waals surface area contributed by atoms with Crippen molar-refractivity contribution in [2.75, 3.05) is 26.7 Å². The van der Waals surface area contributed by atoms with E-state index < -0.39 is 14.3 Å². The first-order valence-electron chi connectivity index (χ1n) is 17.6. The minimum Gasteiger partial charge on any atom is -0.456 e. The molecular formula is C46H36N2O3P2. The molecule has 7 heteroatoms. The Kier molecular flexibility index (Phi) is 7.85. The fourth-order valence-electron chi connectivity index (χ4n) is 7.27. The average molecular weight is 727 g/mol. The Hall–Kier alpha value is -5.60. The van der Waals surface area contributed by atoms with Gasteiger partial charge in [0.15, 0.2) is 5.82 Å². The maximum Gasteiger partial charge on any atom is 0.160 e. The van der Waals surface area contributed by atoms with Crippen LogP contribution in [0.5, 0.6) is 0 Å². The molecule has 0 aliphatic heterocycles. The minimum atomic E-state index is -2.60. The molecule has 2 heterocycles. The van der Waals surface area contributed by atoms with Crippen molar-refractivity contribution >= 4 is 68.5 Å². The molecule has 0 unspecified atom stereocenters. The van der Waals surface area contributed by atoms with E-state index in [2.05, 4.69) is 84.9 Å². The lowest BCUT2D eigenvalue weighted by atomic mass is 9.92. The van der Waals surface area contributed by atoms with Gasteiger partial charge in [-0.15, -0.1) is 0 Å². The Morgan fingerprint density at radius 2 is 0.962 bits per heavy atom. The van der Waals surface area contributed by atoms with Gasteiger partial charge in [0.05, 0.1) is 11.2 Å². The molecule has 0 saturated carbocycles. The summed E-state index contributed by atoms with van der Waals surface area (Å²) in [5, 5.41) is 6.82. The number of para-hydroxylation sites is 2. The number of rotatable bonds is 6. The number of hydrogen-bond acceptors (Lipinski definition) is 5. The first kappa shape index (κ1) is 33.3. The molecular weight excluding hydrogens is 690 g/mol. The molecule has 0 atom stereocenters. The van der Waals surface area contributed by atoms with Gasteiger partial charge in [-0.2, -0.15) is 0 Å². The minimum absolute atomic E-state index is 0.652. The van der Waals surface area contributed by atoms with Gasteiger partial charge in [-0.3, -0.25) is 0 Å². The van der Waals surface area contributed by atoms with Gasteiger partial charge in [0.2, 0.25) is 0 Å². The average Bonchev–Trinajstić information content (AvgIpc) is 3.54. The van der Waals surface area contributed by atoms with Crippen molar-refractivity contribution in [1.82, 2.24) is 9.97 Å². The molecule has 5 nitrogen and oxygen atoms in total. The molecule has 0 aliphatic rings. The van der Waals surface area contributed by atoms with Gasteiger partial charge in [0.25, 0.3) is 0 Å². The highest BCUT2D eigenvalue weighted by atomic mass is 31.2. The van der Waals surface area contributed by atoms with E-state index in [0.717, 1.165) is 93.3 Å².